The molecule has 1 aromatic carbocycles. The first-order valence-electron chi connectivity index (χ1n) is 9.09. The SMILES string of the molecule is CC(C)(c1cccc(-c2[c-]cccc2)n1)c1nn(-c2[c-]cc(F)nc2F)cc1C#N.[Pt+2]. The van der Waals surface area contributed by atoms with Crippen molar-refractivity contribution in [1.82, 2.24) is 19.7 Å². The third-order valence-corrected chi connectivity index (χ3v) is 4.76. The van der Waals surface area contributed by atoms with Gasteiger partial charge in [-0.3, -0.25) is 13.5 Å². The number of hydrogen-bond acceptors (Lipinski definition) is 4. The van der Waals surface area contributed by atoms with Gasteiger partial charge in [-0.1, -0.05) is 12.1 Å². The molecule has 4 aromatic rings. The van der Waals surface area contributed by atoms with E-state index in [1.165, 1.54) is 6.20 Å². The molecule has 3 heterocycles. The molecule has 0 N–H and O–H groups in total. The van der Waals surface area contributed by atoms with Gasteiger partial charge in [0.1, 0.15) is 12.0 Å². The van der Waals surface area contributed by atoms with Crippen LogP contribution in [-0.4, -0.2) is 19.7 Å². The average molecular weight is 594 g/mol. The van der Waals surface area contributed by atoms with Gasteiger partial charge in [0.15, 0.2) is 0 Å². The van der Waals surface area contributed by atoms with Crippen LogP contribution in [0.1, 0.15) is 30.8 Å². The zero-order valence-electron chi connectivity index (χ0n) is 16.5. The summed E-state index contributed by atoms with van der Waals surface area (Å²) >= 11 is 0. The maximum absolute atomic E-state index is 14.1. The van der Waals surface area contributed by atoms with Gasteiger partial charge in [-0.25, -0.2) is 0 Å². The van der Waals surface area contributed by atoms with E-state index < -0.39 is 17.3 Å². The van der Waals surface area contributed by atoms with Crippen molar-refractivity contribution >= 4 is 0 Å². The topological polar surface area (TPSA) is 67.4 Å². The maximum atomic E-state index is 14.1. The molecule has 0 radical (unpaired) electrons. The Hall–Kier alpha value is -3.23. The van der Waals surface area contributed by atoms with E-state index >= 15 is 0 Å². The van der Waals surface area contributed by atoms with E-state index in [0.29, 0.717) is 11.4 Å². The third kappa shape index (κ3) is 4.30. The molecule has 3 aromatic heterocycles. The summed E-state index contributed by atoms with van der Waals surface area (Å²) in [5.74, 6) is -2.05. The predicted molar refractivity (Wildman–Crippen MR) is 105 cm³/mol. The van der Waals surface area contributed by atoms with Gasteiger partial charge in [-0.05, 0) is 25.6 Å². The van der Waals surface area contributed by atoms with Crippen LogP contribution in [0.3, 0.4) is 0 Å². The summed E-state index contributed by atoms with van der Waals surface area (Å²) in [5.41, 5.74) is 1.97. The normalized spacial score (nSPS) is 10.9. The Balaban J connectivity index is 0.00000272. The molecule has 0 saturated carbocycles. The predicted octanol–water partition coefficient (Wildman–Crippen LogP) is 4.40. The van der Waals surface area contributed by atoms with E-state index in [2.05, 4.69) is 28.3 Å². The molecule has 156 valence electrons. The van der Waals surface area contributed by atoms with Crippen LogP contribution in [0.4, 0.5) is 8.78 Å². The molecule has 0 fully saturated rings. The number of benzene rings is 1. The minimum absolute atomic E-state index is 0. The van der Waals surface area contributed by atoms with Crippen LogP contribution >= 0.6 is 0 Å². The van der Waals surface area contributed by atoms with E-state index in [0.717, 1.165) is 22.0 Å². The Morgan fingerprint density at radius 1 is 1.06 bits per heavy atom. The van der Waals surface area contributed by atoms with Crippen LogP contribution in [-0.2, 0) is 26.5 Å². The van der Waals surface area contributed by atoms with Crippen LogP contribution in [0.5, 0.6) is 0 Å². The molecular formula is C23H15F2N5Pt. The van der Waals surface area contributed by atoms with Crippen LogP contribution in [0.25, 0.3) is 16.9 Å². The first-order valence-corrected chi connectivity index (χ1v) is 9.09. The second-order valence-corrected chi connectivity index (χ2v) is 7.12. The number of nitrogens with zero attached hydrogens (tertiary/aromatic N) is 5. The molecular weight excluding hydrogens is 579 g/mol. The molecule has 0 amide bonds. The number of aromatic nitrogens is 4. The number of hydrogen-bond donors (Lipinski definition) is 0. The van der Waals surface area contributed by atoms with Crippen molar-refractivity contribution in [3.63, 3.8) is 0 Å². The first-order chi connectivity index (χ1) is 14.4. The molecule has 8 heteroatoms. The first kappa shape index (κ1) is 22.5. The summed E-state index contributed by atoms with van der Waals surface area (Å²) in [6, 6.07) is 21.7. The summed E-state index contributed by atoms with van der Waals surface area (Å²) in [6.45, 7) is 3.76. The Bertz CT molecular complexity index is 1260. The van der Waals surface area contributed by atoms with Crippen molar-refractivity contribution in [2.45, 2.75) is 19.3 Å². The van der Waals surface area contributed by atoms with E-state index in [4.69, 9.17) is 4.98 Å². The number of rotatable bonds is 4. The Morgan fingerprint density at radius 2 is 1.87 bits per heavy atom. The molecule has 5 nitrogen and oxygen atoms in total. The maximum Gasteiger partial charge on any atom is 2.00 e. The van der Waals surface area contributed by atoms with E-state index in [1.54, 1.807) is 0 Å². The fourth-order valence-electron chi connectivity index (χ4n) is 3.17. The molecule has 0 bridgehead atoms. The summed E-state index contributed by atoms with van der Waals surface area (Å²) in [6.07, 6.45) is 1.38. The summed E-state index contributed by atoms with van der Waals surface area (Å²) in [7, 11) is 0. The minimum Gasteiger partial charge on any atom is -0.322 e. The van der Waals surface area contributed by atoms with E-state index in [-0.39, 0.29) is 32.3 Å². The van der Waals surface area contributed by atoms with Gasteiger partial charge >= 0.3 is 21.1 Å². The Morgan fingerprint density at radius 3 is 2.55 bits per heavy atom. The second kappa shape index (κ2) is 8.87. The van der Waals surface area contributed by atoms with Gasteiger partial charge in [-0.2, -0.15) is 10.4 Å². The largest absolute Gasteiger partial charge is 2.00 e. The molecule has 4 rings (SSSR count). The van der Waals surface area contributed by atoms with Crippen LogP contribution in [0.2, 0.25) is 0 Å². The Labute approximate surface area is 192 Å². The fourth-order valence-corrected chi connectivity index (χ4v) is 3.17. The van der Waals surface area contributed by atoms with Crippen molar-refractivity contribution in [3.8, 4) is 23.0 Å². The molecule has 0 saturated heterocycles. The van der Waals surface area contributed by atoms with Crippen LogP contribution < -0.4 is 0 Å². The van der Waals surface area contributed by atoms with Gasteiger partial charge in [0.05, 0.1) is 22.6 Å². The third-order valence-electron chi connectivity index (χ3n) is 4.76. The van der Waals surface area contributed by atoms with Gasteiger partial charge < -0.3 is 9.97 Å². The molecule has 0 atom stereocenters. The summed E-state index contributed by atoms with van der Waals surface area (Å²) in [5, 5.41) is 14.0. The van der Waals surface area contributed by atoms with Crippen molar-refractivity contribution in [3.05, 3.63) is 95.7 Å². The number of pyridine rings is 2. The zero-order valence-corrected chi connectivity index (χ0v) is 18.8. The van der Waals surface area contributed by atoms with E-state index in [1.807, 2.05) is 56.3 Å². The van der Waals surface area contributed by atoms with Crippen LogP contribution in [0, 0.1) is 35.4 Å². The van der Waals surface area contributed by atoms with Crippen LogP contribution in [0.15, 0.2) is 54.7 Å². The van der Waals surface area contributed by atoms with Crippen molar-refractivity contribution in [2.24, 2.45) is 0 Å². The average Bonchev–Trinajstić information content (AvgIpc) is 3.19. The minimum atomic E-state index is -1.06. The quantitative estimate of drug-likeness (QED) is 0.260. The molecule has 0 aliphatic heterocycles. The van der Waals surface area contributed by atoms with Crippen molar-refractivity contribution in [2.75, 3.05) is 0 Å². The monoisotopic (exact) mass is 594 g/mol. The molecule has 0 spiro atoms. The standard InChI is InChI=1S/C23H15F2N5.Pt/c1-23(2,19-10-6-9-17(27-19)15-7-4-3-5-8-15)21-16(13-26)14-30(29-21)18-11-12-20(24)28-22(18)25;/h3-7,9-10,12,14H,1-2H3;/q-2;+2. The molecule has 0 aliphatic carbocycles. The number of halogens is 2. The molecule has 0 unspecified atom stereocenters. The fraction of sp³-hybridized carbons (Fsp3) is 0.130. The molecule has 0 aliphatic rings. The Kier molecular flexibility index (Phi) is 6.42. The van der Waals surface area contributed by atoms with Crippen molar-refractivity contribution < 1.29 is 29.8 Å². The smallest absolute Gasteiger partial charge is 0.322 e. The van der Waals surface area contributed by atoms with Gasteiger partial charge in [-0.15, -0.1) is 48.0 Å². The second-order valence-electron chi connectivity index (χ2n) is 7.12. The molecule has 31 heavy (non-hydrogen) atoms. The summed E-state index contributed by atoms with van der Waals surface area (Å²) in [4.78, 5) is 7.90. The number of nitriles is 1. The van der Waals surface area contributed by atoms with Gasteiger partial charge in [0.25, 0.3) is 0 Å². The summed E-state index contributed by atoms with van der Waals surface area (Å²) < 4.78 is 28.4. The van der Waals surface area contributed by atoms with Gasteiger partial charge in [0, 0.05) is 17.6 Å². The van der Waals surface area contributed by atoms with E-state index in [9.17, 15) is 14.0 Å². The zero-order chi connectivity index (χ0) is 21.3. The van der Waals surface area contributed by atoms with Gasteiger partial charge in [0.2, 0.25) is 0 Å². The van der Waals surface area contributed by atoms with Crippen molar-refractivity contribution in [1.29, 1.82) is 5.26 Å².